The van der Waals surface area contributed by atoms with Gasteiger partial charge in [0.15, 0.2) is 0 Å². The van der Waals surface area contributed by atoms with Gasteiger partial charge >= 0.3 is 0 Å². The van der Waals surface area contributed by atoms with Crippen LogP contribution in [0.4, 0.5) is 0 Å². The third-order valence-electron chi connectivity index (χ3n) is 6.37. The van der Waals surface area contributed by atoms with Crippen molar-refractivity contribution < 1.29 is 4.74 Å². The molecule has 0 amide bonds. The van der Waals surface area contributed by atoms with E-state index in [1.54, 1.807) is 0 Å². The Morgan fingerprint density at radius 1 is 0.912 bits per heavy atom. The van der Waals surface area contributed by atoms with E-state index >= 15 is 0 Å². The molecule has 2 N–H and O–H groups in total. The molecule has 1 aliphatic rings. The summed E-state index contributed by atoms with van der Waals surface area (Å²) in [6.07, 6.45) is 3.91. The smallest absolute Gasteiger partial charge is 0.0788 e. The minimum atomic E-state index is 0. The van der Waals surface area contributed by atoms with Crippen LogP contribution in [0.15, 0.2) is 72.9 Å². The second kappa shape index (κ2) is 11.5. The number of nitrogens with zero attached hydrogens (tertiary/aromatic N) is 3. The minimum Gasteiger partial charge on any atom is -0.379 e. The highest BCUT2D eigenvalue weighted by Crippen LogP contribution is 2.34. The van der Waals surface area contributed by atoms with Crippen LogP contribution < -0.4 is 5.73 Å². The molecule has 0 spiro atoms. The summed E-state index contributed by atoms with van der Waals surface area (Å²) in [6, 6.07) is 23.2. The van der Waals surface area contributed by atoms with E-state index in [1.807, 2.05) is 18.3 Å². The predicted octanol–water partition coefficient (Wildman–Crippen LogP) is 5.11. The molecule has 176 valence electrons. The van der Waals surface area contributed by atoms with Crippen LogP contribution in [-0.4, -0.2) is 47.7 Å². The zero-order valence-corrected chi connectivity index (χ0v) is 20.1. The highest BCUT2D eigenvalue weighted by atomic mass is 35.5. The van der Waals surface area contributed by atoms with Gasteiger partial charge in [-0.15, -0.1) is 12.4 Å². The number of halogens is 1. The Balaban J connectivity index is 0.00000274. The summed E-state index contributed by atoms with van der Waals surface area (Å²) in [5, 5.41) is 1.14. The normalized spacial score (nSPS) is 14.1. The summed E-state index contributed by atoms with van der Waals surface area (Å²) in [5.41, 5.74) is 13.4. The van der Waals surface area contributed by atoms with E-state index in [2.05, 4.69) is 59.5 Å². The van der Waals surface area contributed by atoms with E-state index in [0.29, 0.717) is 6.54 Å². The van der Waals surface area contributed by atoms with Gasteiger partial charge in [0.1, 0.15) is 0 Å². The highest BCUT2D eigenvalue weighted by Gasteiger charge is 2.15. The molecule has 1 fully saturated rings. The summed E-state index contributed by atoms with van der Waals surface area (Å²) in [5.74, 6) is 0. The third kappa shape index (κ3) is 5.45. The van der Waals surface area contributed by atoms with Gasteiger partial charge in [0.2, 0.25) is 0 Å². The van der Waals surface area contributed by atoms with Crippen LogP contribution in [-0.2, 0) is 17.7 Å². The lowest BCUT2D eigenvalue weighted by Crippen LogP contribution is -2.36. The molecule has 4 aromatic rings. The van der Waals surface area contributed by atoms with Crippen LogP contribution in [0.5, 0.6) is 0 Å². The van der Waals surface area contributed by atoms with Crippen molar-refractivity contribution in [2.24, 2.45) is 5.73 Å². The van der Waals surface area contributed by atoms with Crippen LogP contribution in [0.25, 0.3) is 33.3 Å². The topological polar surface area (TPSA) is 64.3 Å². The molecule has 0 aliphatic carbocycles. The van der Waals surface area contributed by atoms with E-state index in [0.717, 1.165) is 90.2 Å². The molecule has 34 heavy (non-hydrogen) atoms. The Morgan fingerprint density at radius 3 is 2.41 bits per heavy atom. The number of aromatic nitrogens is 2. The number of benzene rings is 2. The maximum absolute atomic E-state index is 5.81. The standard InChI is InChI=1S/C28H30N4O.ClH/c29-20-21-8-10-23(11-9-21)28-24(22-5-2-1-3-6-22)19-25-26(30-13-12-27(25)31-28)7-4-14-32-15-17-33-18-16-32;/h1-3,5-6,8-13,19H,4,7,14-18,20,29H2;1H. The van der Waals surface area contributed by atoms with Crippen molar-refractivity contribution in [1.29, 1.82) is 0 Å². The zero-order valence-electron chi connectivity index (χ0n) is 19.3. The summed E-state index contributed by atoms with van der Waals surface area (Å²) in [7, 11) is 0. The largest absolute Gasteiger partial charge is 0.379 e. The zero-order chi connectivity index (χ0) is 22.5. The second-order valence-corrected chi connectivity index (χ2v) is 8.53. The van der Waals surface area contributed by atoms with Gasteiger partial charge in [0.05, 0.1) is 24.4 Å². The first-order valence-corrected chi connectivity index (χ1v) is 11.8. The molecule has 1 saturated heterocycles. The number of ether oxygens (including phenoxy) is 1. The van der Waals surface area contributed by atoms with Gasteiger partial charge in [-0.3, -0.25) is 9.88 Å². The van der Waals surface area contributed by atoms with Gasteiger partial charge < -0.3 is 10.5 Å². The van der Waals surface area contributed by atoms with Crippen molar-refractivity contribution in [3.05, 3.63) is 84.2 Å². The average molecular weight is 475 g/mol. The fourth-order valence-corrected chi connectivity index (χ4v) is 4.50. The fraction of sp³-hybridized carbons (Fsp3) is 0.286. The predicted molar refractivity (Wildman–Crippen MR) is 141 cm³/mol. The molecule has 2 aromatic carbocycles. The highest BCUT2D eigenvalue weighted by molar-refractivity contribution is 5.92. The lowest BCUT2D eigenvalue weighted by Gasteiger charge is -2.26. The molecule has 6 heteroatoms. The first kappa shape index (κ1) is 24.3. The second-order valence-electron chi connectivity index (χ2n) is 8.53. The maximum Gasteiger partial charge on any atom is 0.0788 e. The number of morpholine rings is 1. The number of fused-ring (bicyclic) bond motifs is 1. The number of pyridine rings is 2. The quantitative estimate of drug-likeness (QED) is 0.403. The van der Waals surface area contributed by atoms with Crippen LogP contribution >= 0.6 is 12.4 Å². The molecular formula is C28H31ClN4O. The van der Waals surface area contributed by atoms with Crippen molar-refractivity contribution in [3.8, 4) is 22.4 Å². The van der Waals surface area contributed by atoms with Crippen molar-refractivity contribution in [2.45, 2.75) is 19.4 Å². The molecule has 2 aromatic heterocycles. The third-order valence-corrected chi connectivity index (χ3v) is 6.37. The Hall–Kier alpha value is -2.83. The number of nitrogens with two attached hydrogens (primary N) is 1. The van der Waals surface area contributed by atoms with Gasteiger partial charge in [-0.1, -0.05) is 54.6 Å². The van der Waals surface area contributed by atoms with Crippen LogP contribution in [0.1, 0.15) is 17.7 Å². The molecule has 1 aliphatic heterocycles. The lowest BCUT2D eigenvalue weighted by atomic mass is 9.96. The molecule has 0 saturated carbocycles. The molecule has 0 radical (unpaired) electrons. The van der Waals surface area contributed by atoms with E-state index in [-0.39, 0.29) is 12.4 Å². The molecule has 5 rings (SSSR count). The molecule has 3 heterocycles. The van der Waals surface area contributed by atoms with Gasteiger partial charge in [-0.05, 0) is 42.6 Å². The van der Waals surface area contributed by atoms with Crippen molar-refractivity contribution in [2.75, 3.05) is 32.8 Å². The van der Waals surface area contributed by atoms with Gasteiger partial charge in [-0.25, -0.2) is 4.98 Å². The Morgan fingerprint density at radius 2 is 1.68 bits per heavy atom. The summed E-state index contributed by atoms with van der Waals surface area (Å²) < 4.78 is 5.47. The summed E-state index contributed by atoms with van der Waals surface area (Å²) in [4.78, 5) is 12.4. The van der Waals surface area contributed by atoms with Crippen molar-refractivity contribution in [3.63, 3.8) is 0 Å². The average Bonchev–Trinajstić information content (AvgIpc) is 2.89. The van der Waals surface area contributed by atoms with Crippen molar-refractivity contribution in [1.82, 2.24) is 14.9 Å². The SMILES string of the molecule is Cl.NCc1ccc(-c2nc3ccnc(CCCN4CCOCC4)c3cc2-c2ccccc2)cc1. The Labute approximate surface area is 207 Å². The van der Waals surface area contributed by atoms with Crippen LogP contribution in [0, 0.1) is 0 Å². The van der Waals surface area contributed by atoms with Crippen LogP contribution in [0.2, 0.25) is 0 Å². The first-order chi connectivity index (χ1) is 16.3. The summed E-state index contributed by atoms with van der Waals surface area (Å²) >= 11 is 0. The van der Waals surface area contributed by atoms with E-state index in [9.17, 15) is 0 Å². The number of hydrogen-bond acceptors (Lipinski definition) is 5. The first-order valence-electron chi connectivity index (χ1n) is 11.8. The van der Waals surface area contributed by atoms with Gasteiger partial charge in [0.25, 0.3) is 0 Å². The van der Waals surface area contributed by atoms with E-state index in [1.165, 1.54) is 0 Å². The van der Waals surface area contributed by atoms with Crippen molar-refractivity contribution >= 4 is 23.3 Å². The maximum atomic E-state index is 5.81. The lowest BCUT2D eigenvalue weighted by molar-refractivity contribution is 0.0374. The molecule has 5 nitrogen and oxygen atoms in total. The number of rotatable bonds is 7. The number of aryl methyl sites for hydroxylation is 1. The molecule has 0 bridgehead atoms. The minimum absolute atomic E-state index is 0. The number of hydrogen-bond donors (Lipinski definition) is 1. The Bertz CT molecular complexity index is 1210. The fourth-order valence-electron chi connectivity index (χ4n) is 4.50. The molecule has 0 atom stereocenters. The molecular weight excluding hydrogens is 444 g/mol. The van der Waals surface area contributed by atoms with E-state index < -0.39 is 0 Å². The Kier molecular flexibility index (Phi) is 8.25. The van der Waals surface area contributed by atoms with Gasteiger partial charge in [-0.2, -0.15) is 0 Å². The van der Waals surface area contributed by atoms with Crippen LogP contribution in [0.3, 0.4) is 0 Å². The summed E-state index contributed by atoms with van der Waals surface area (Å²) in [6.45, 7) is 5.34. The monoisotopic (exact) mass is 474 g/mol. The van der Waals surface area contributed by atoms with E-state index in [4.69, 9.17) is 20.4 Å². The molecule has 0 unspecified atom stereocenters. The van der Waals surface area contributed by atoms with Gasteiger partial charge in [0, 0.05) is 48.0 Å².